The van der Waals surface area contributed by atoms with Crippen molar-refractivity contribution in [1.82, 2.24) is 10.6 Å². The van der Waals surface area contributed by atoms with E-state index in [1.807, 2.05) is 25.1 Å². The molecule has 2 aromatic carbocycles. The van der Waals surface area contributed by atoms with Crippen molar-refractivity contribution < 1.29 is 13.9 Å². The summed E-state index contributed by atoms with van der Waals surface area (Å²) < 4.78 is 24.8. The van der Waals surface area contributed by atoms with Crippen LogP contribution in [0.2, 0.25) is 0 Å². The minimum atomic E-state index is -0.266. The number of benzene rings is 2. The molecule has 0 unspecified atom stereocenters. The number of methoxy groups -OCH3 is 2. The molecular weight excluding hydrogens is 528 g/mol. The normalized spacial score (nSPS) is 10.8. The first-order valence-electron chi connectivity index (χ1n) is 8.24. The van der Waals surface area contributed by atoms with Gasteiger partial charge in [0, 0.05) is 17.6 Å². The van der Waals surface area contributed by atoms with E-state index in [4.69, 9.17) is 9.47 Å². The number of ether oxygens (including phenoxy) is 2. The summed E-state index contributed by atoms with van der Waals surface area (Å²) in [5, 5.41) is 6.39. The smallest absolute Gasteiger partial charge is 0.191 e. The van der Waals surface area contributed by atoms with Crippen LogP contribution in [0, 0.1) is 5.82 Å². The van der Waals surface area contributed by atoms with Crippen LogP contribution in [0.5, 0.6) is 11.5 Å². The molecule has 27 heavy (non-hydrogen) atoms. The molecule has 0 amide bonds. The molecule has 0 atom stereocenters. The minimum Gasteiger partial charge on any atom is -0.493 e. The summed E-state index contributed by atoms with van der Waals surface area (Å²) in [7, 11) is 3.21. The molecule has 2 N–H and O–H groups in total. The highest BCUT2D eigenvalue weighted by Crippen LogP contribution is 2.27. The second kappa shape index (κ2) is 12.0. The Morgan fingerprint density at radius 3 is 2.48 bits per heavy atom. The van der Waals surface area contributed by atoms with Crippen LogP contribution >= 0.6 is 39.9 Å². The van der Waals surface area contributed by atoms with Gasteiger partial charge in [-0.3, -0.25) is 0 Å². The third-order valence-corrected chi connectivity index (χ3v) is 4.44. The average molecular weight is 552 g/mol. The molecule has 0 saturated carbocycles. The van der Waals surface area contributed by atoms with Crippen LogP contribution < -0.4 is 20.1 Å². The lowest BCUT2D eigenvalue weighted by Crippen LogP contribution is -2.36. The van der Waals surface area contributed by atoms with Gasteiger partial charge in [-0.05, 0) is 48.4 Å². The molecular formula is C19H24BrFIN3O2. The molecule has 0 spiro atoms. The highest BCUT2D eigenvalue weighted by atomic mass is 127. The van der Waals surface area contributed by atoms with E-state index >= 15 is 0 Å². The van der Waals surface area contributed by atoms with Crippen LogP contribution in [-0.4, -0.2) is 26.7 Å². The number of nitrogens with zero attached hydrogens (tertiary/aromatic N) is 1. The van der Waals surface area contributed by atoms with Gasteiger partial charge in [-0.15, -0.1) is 24.0 Å². The Labute approximate surface area is 184 Å². The molecule has 2 rings (SSSR count). The standard InChI is InChI=1S/C19H23BrFN3O2.HI/c1-4-22-19(24-12-14-10-15(21)6-7-16(14)20)23-11-13-5-8-17(25-2)18(9-13)26-3;/h5-10H,4,11-12H2,1-3H3,(H2,22,23,24);1H. The Morgan fingerprint density at radius 1 is 1.07 bits per heavy atom. The number of hydrogen-bond donors (Lipinski definition) is 2. The zero-order valence-electron chi connectivity index (χ0n) is 15.5. The van der Waals surface area contributed by atoms with Gasteiger partial charge in [0.1, 0.15) is 5.82 Å². The Bertz CT molecular complexity index is 775. The molecule has 0 aromatic heterocycles. The Balaban J connectivity index is 0.00000364. The van der Waals surface area contributed by atoms with Gasteiger partial charge in [0.2, 0.25) is 0 Å². The SMILES string of the molecule is CCNC(=NCc1ccc(OC)c(OC)c1)NCc1cc(F)ccc1Br.I. The zero-order chi connectivity index (χ0) is 18.9. The molecule has 0 saturated heterocycles. The van der Waals surface area contributed by atoms with Crippen molar-refractivity contribution >= 4 is 45.9 Å². The van der Waals surface area contributed by atoms with Crippen molar-refractivity contribution in [2.45, 2.75) is 20.0 Å². The van der Waals surface area contributed by atoms with Crippen LogP contribution in [-0.2, 0) is 13.1 Å². The zero-order valence-corrected chi connectivity index (χ0v) is 19.4. The fraction of sp³-hybridized carbons (Fsp3) is 0.316. The Kier molecular flexibility index (Phi) is 10.5. The van der Waals surface area contributed by atoms with Gasteiger partial charge in [0.15, 0.2) is 17.5 Å². The largest absolute Gasteiger partial charge is 0.493 e. The average Bonchev–Trinajstić information content (AvgIpc) is 2.66. The summed E-state index contributed by atoms with van der Waals surface area (Å²) in [5.74, 6) is 1.73. The van der Waals surface area contributed by atoms with Gasteiger partial charge in [-0.2, -0.15) is 0 Å². The van der Waals surface area contributed by atoms with Gasteiger partial charge < -0.3 is 20.1 Å². The predicted octanol–water partition coefficient (Wildman–Crippen LogP) is 4.48. The van der Waals surface area contributed by atoms with Crippen molar-refractivity contribution in [3.05, 3.63) is 57.8 Å². The first-order valence-corrected chi connectivity index (χ1v) is 9.03. The monoisotopic (exact) mass is 551 g/mol. The van der Waals surface area contributed by atoms with Gasteiger partial charge in [0.05, 0.1) is 20.8 Å². The van der Waals surface area contributed by atoms with Gasteiger partial charge in [-0.25, -0.2) is 9.38 Å². The Hall–Kier alpha value is -1.55. The second-order valence-electron chi connectivity index (χ2n) is 5.47. The van der Waals surface area contributed by atoms with Crippen molar-refractivity contribution in [2.75, 3.05) is 20.8 Å². The van der Waals surface area contributed by atoms with E-state index in [1.165, 1.54) is 12.1 Å². The van der Waals surface area contributed by atoms with Gasteiger partial charge in [0.25, 0.3) is 0 Å². The van der Waals surface area contributed by atoms with Crippen molar-refractivity contribution in [3.63, 3.8) is 0 Å². The van der Waals surface area contributed by atoms with Crippen LogP contribution in [0.3, 0.4) is 0 Å². The molecule has 0 aliphatic heterocycles. The molecule has 8 heteroatoms. The summed E-state index contributed by atoms with van der Waals surface area (Å²) >= 11 is 3.43. The maximum absolute atomic E-state index is 13.4. The minimum absolute atomic E-state index is 0. The summed E-state index contributed by atoms with van der Waals surface area (Å²) in [5.41, 5.74) is 1.81. The number of aliphatic imine (C=N–C) groups is 1. The molecule has 0 bridgehead atoms. The number of guanidine groups is 1. The van der Waals surface area contributed by atoms with E-state index in [2.05, 4.69) is 31.6 Å². The maximum Gasteiger partial charge on any atom is 0.191 e. The van der Waals surface area contributed by atoms with E-state index in [0.717, 1.165) is 22.1 Å². The lowest BCUT2D eigenvalue weighted by atomic mass is 10.2. The Morgan fingerprint density at radius 2 is 1.81 bits per heavy atom. The van der Waals surface area contributed by atoms with E-state index in [0.29, 0.717) is 30.5 Å². The summed E-state index contributed by atoms with van der Waals surface area (Å²) in [6.45, 7) is 3.64. The quantitative estimate of drug-likeness (QED) is 0.303. The molecule has 5 nitrogen and oxygen atoms in total. The van der Waals surface area contributed by atoms with Crippen LogP contribution in [0.15, 0.2) is 45.9 Å². The molecule has 148 valence electrons. The van der Waals surface area contributed by atoms with Crippen LogP contribution in [0.4, 0.5) is 4.39 Å². The van der Waals surface area contributed by atoms with Crippen LogP contribution in [0.25, 0.3) is 0 Å². The molecule has 0 radical (unpaired) electrons. The number of rotatable bonds is 7. The van der Waals surface area contributed by atoms with E-state index in [1.54, 1.807) is 20.3 Å². The number of halogens is 3. The van der Waals surface area contributed by atoms with Gasteiger partial charge in [-0.1, -0.05) is 22.0 Å². The number of hydrogen-bond acceptors (Lipinski definition) is 3. The second-order valence-corrected chi connectivity index (χ2v) is 6.33. The number of nitrogens with one attached hydrogen (secondary N) is 2. The first-order chi connectivity index (χ1) is 12.6. The topological polar surface area (TPSA) is 54.9 Å². The first kappa shape index (κ1) is 23.5. The highest BCUT2D eigenvalue weighted by Gasteiger charge is 2.06. The van der Waals surface area contributed by atoms with Crippen molar-refractivity contribution in [2.24, 2.45) is 4.99 Å². The van der Waals surface area contributed by atoms with E-state index < -0.39 is 0 Å². The molecule has 0 aliphatic carbocycles. The summed E-state index contributed by atoms with van der Waals surface area (Å²) in [6, 6.07) is 10.3. The molecule has 0 fully saturated rings. The lowest BCUT2D eigenvalue weighted by molar-refractivity contribution is 0.354. The third-order valence-electron chi connectivity index (χ3n) is 3.67. The third kappa shape index (κ3) is 7.17. The molecule has 2 aromatic rings. The van der Waals surface area contributed by atoms with Crippen molar-refractivity contribution in [1.29, 1.82) is 0 Å². The van der Waals surface area contributed by atoms with E-state index in [9.17, 15) is 4.39 Å². The predicted molar refractivity (Wildman–Crippen MR) is 121 cm³/mol. The molecule has 0 aliphatic rings. The summed E-state index contributed by atoms with van der Waals surface area (Å²) in [6.07, 6.45) is 0. The van der Waals surface area contributed by atoms with E-state index in [-0.39, 0.29) is 29.8 Å². The lowest BCUT2D eigenvalue weighted by Gasteiger charge is -2.13. The fourth-order valence-corrected chi connectivity index (χ4v) is 2.74. The van der Waals surface area contributed by atoms with Gasteiger partial charge >= 0.3 is 0 Å². The summed E-state index contributed by atoms with van der Waals surface area (Å²) in [4.78, 5) is 4.57. The highest BCUT2D eigenvalue weighted by molar-refractivity contribution is 14.0. The fourth-order valence-electron chi connectivity index (χ4n) is 2.35. The molecule has 0 heterocycles. The van der Waals surface area contributed by atoms with Crippen LogP contribution in [0.1, 0.15) is 18.1 Å². The maximum atomic E-state index is 13.4. The van der Waals surface area contributed by atoms with Crippen molar-refractivity contribution in [3.8, 4) is 11.5 Å².